The van der Waals surface area contributed by atoms with Crippen LogP contribution in [0.1, 0.15) is 126 Å². The smallest absolute Gasteiger partial charge is 0.154 e. The second-order valence-corrected chi connectivity index (χ2v) is 11.3. The molecule has 32 heavy (non-hydrogen) atoms. The van der Waals surface area contributed by atoms with Crippen LogP contribution in [0.25, 0.3) is 0 Å². The van der Waals surface area contributed by atoms with Crippen LogP contribution in [-0.4, -0.2) is 17.0 Å². The highest BCUT2D eigenvalue weighted by atomic mass is 16.5. The Labute approximate surface area is 197 Å². The first kappa shape index (κ1) is 26.7. The highest BCUT2D eigenvalue weighted by Gasteiger charge is 2.34. The summed E-state index contributed by atoms with van der Waals surface area (Å²) in [6, 6.07) is 0. The summed E-state index contributed by atoms with van der Waals surface area (Å²) < 4.78 is 6.51. The van der Waals surface area contributed by atoms with Crippen LogP contribution < -0.4 is 4.74 Å². The standard InChI is InChI=1S/C29H48O3/c1-20(2)11-8-12-21(3)13-9-14-22(4)15-10-17-29(7)18-16-25-26(19-30)27(31)23(5)24(6)28(25)32-29/h19-22,31H,8-18H2,1-7H3. The molecule has 0 saturated heterocycles. The topological polar surface area (TPSA) is 46.5 Å². The average molecular weight is 445 g/mol. The van der Waals surface area contributed by atoms with Crippen molar-refractivity contribution in [2.45, 2.75) is 125 Å². The largest absolute Gasteiger partial charge is 0.507 e. The van der Waals surface area contributed by atoms with Crippen LogP contribution in [0, 0.1) is 31.6 Å². The lowest BCUT2D eigenvalue weighted by Gasteiger charge is -2.38. The van der Waals surface area contributed by atoms with E-state index in [0.29, 0.717) is 5.56 Å². The van der Waals surface area contributed by atoms with Gasteiger partial charge in [-0.15, -0.1) is 0 Å². The normalized spacial score (nSPS) is 20.0. The summed E-state index contributed by atoms with van der Waals surface area (Å²) in [7, 11) is 0. The van der Waals surface area contributed by atoms with Crippen LogP contribution in [0.2, 0.25) is 0 Å². The Bertz CT molecular complexity index is 752. The van der Waals surface area contributed by atoms with Crippen molar-refractivity contribution in [1.29, 1.82) is 0 Å². The molecule has 182 valence electrons. The monoisotopic (exact) mass is 444 g/mol. The molecule has 3 nitrogen and oxygen atoms in total. The lowest BCUT2D eigenvalue weighted by molar-refractivity contribution is 0.0510. The number of fused-ring (bicyclic) bond motifs is 1. The summed E-state index contributed by atoms with van der Waals surface area (Å²) in [6.45, 7) is 15.5. The van der Waals surface area contributed by atoms with E-state index in [1.54, 1.807) is 0 Å². The van der Waals surface area contributed by atoms with Gasteiger partial charge in [-0.1, -0.05) is 72.6 Å². The molecule has 0 bridgehead atoms. The Hall–Kier alpha value is -1.51. The molecule has 0 amide bonds. The molecule has 3 heteroatoms. The third-order valence-corrected chi connectivity index (χ3v) is 7.76. The van der Waals surface area contributed by atoms with Crippen molar-refractivity contribution in [2.75, 3.05) is 0 Å². The van der Waals surface area contributed by atoms with E-state index < -0.39 is 0 Å². The van der Waals surface area contributed by atoms with Gasteiger partial charge in [-0.25, -0.2) is 0 Å². The summed E-state index contributed by atoms with van der Waals surface area (Å²) in [5.74, 6) is 3.40. The maximum atomic E-state index is 11.6. The molecule has 2 rings (SSSR count). The van der Waals surface area contributed by atoms with E-state index in [-0.39, 0.29) is 11.4 Å². The van der Waals surface area contributed by atoms with Crippen molar-refractivity contribution < 1.29 is 14.6 Å². The number of phenols is 1. The van der Waals surface area contributed by atoms with Gasteiger partial charge in [-0.3, -0.25) is 4.79 Å². The number of hydrogen-bond acceptors (Lipinski definition) is 3. The van der Waals surface area contributed by atoms with E-state index in [9.17, 15) is 9.90 Å². The van der Waals surface area contributed by atoms with E-state index in [0.717, 1.165) is 65.7 Å². The zero-order chi connectivity index (χ0) is 23.9. The minimum Gasteiger partial charge on any atom is -0.507 e. The minimum absolute atomic E-state index is 0.117. The molecule has 0 aromatic heterocycles. The van der Waals surface area contributed by atoms with E-state index in [2.05, 4.69) is 34.6 Å². The number of aromatic hydroxyl groups is 1. The van der Waals surface area contributed by atoms with E-state index in [4.69, 9.17) is 4.74 Å². The lowest BCUT2D eigenvalue weighted by atomic mass is 9.83. The zero-order valence-electron chi connectivity index (χ0n) is 21.9. The Morgan fingerprint density at radius 1 is 0.938 bits per heavy atom. The Morgan fingerprint density at radius 2 is 1.50 bits per heavy atom. The summed E-state index contributed by atoms with van der Waals surface area (Å²) >= 11 is 0. The maximum absolute atomic E-state index is 11.6. The first-order chi connectivity index (χ1) is 15.1. The Kier molecular flexibility index (Phi) is 10.1. The lowest BCUT2D eigenvalue weighted by Crippen LogP contribution is -2.37. The van der Waals surface area contributed by atoms with E-state index >= 15 is 0 Å². The summed E-state index contributed by atoms with van der Waals surface area (Å²) in [4.78, 5) is 11.6. The van der Waals surface area contributed by atoms with Crippen molar-refractivity contribution in [1.82, 2.24) is 0 Å². The van der Waals surface area contributed by atoms with Crippen molar-refractivity contribution in [3.05, 3.63) is 22.3 Å². The number of rotatable bonds is 13. The van der Waals surface area contributed by atoms with Crippen LogP contribution in [0.4, 0.5) is 0 Å². The first-order valence-electron chi connectivity index (χ1n) is 13.1. The number of carbonyl (C=O) groups is 1. The van der Waals surface area contributed by atoms with Crippen molar-refractivity contribution >= 4 is 6.29 Å². The van der Waals surface area contributed by atoms with Gasteiger partial charge >= 0.3 is 0 Å². The van der Waals surface area contributed by atoms with Gasteiger partial charge in [-0.05, 0) is 75.3 Å². The molecule has 0 saturated carbocycles. The molecule has 3 atom stereocenters. The fraction of sp³-hybridized carbons (Fsp3) is 0.759. The van der Waals surface area contributed by atoms with Crippen LogP contribution in [0.5, 0.6) is 11.5 Å². The molecule has 3 unspecified atom stereocenters. The predicted octanol–water partition coefficient (Wildman–Crippen LogP) is 8.34. The SMILES string of the molecule is Cc1c(C)c2c(c(C=O)c1O)CCC(C)(CCCC(C)CCCC(C)CCCC(C)C)O2. The van der Waals surface area contributed by atoms with Crippen molar-refractivity contribution in [3.63, 3.8) is 0 Å². The zero-order valence-corrected chi connectivity index (χ0v) is 21.9. The van der Waals surface area contributed by atoms with Crippen LogP contribution in [0.15, 0.2) is 0 Å². The van der Waals surface area contributed by atoms with Crippen LogP contribution >= 0.6 is 0 Å². The van der Waals surface area contributed by atoms with E-state index in [1.807, 2.05) is 13.8 Å². The summed E-state index contributed by atoms with van der Waals surface area (Å²) in [5.41, 5.74) is 2.82. The third kappa shape index (κ3) is 7.25. The predicted molar refractivity (Wildman–Crippen MR) is 135 cm³/mol. The number of carbonyl (C=O) groups excluding carboxylic acids is 1. The molecular weight excluding hydrogens is 396 g/mol. The fourth-order valence-corrected chi connectivity index (χ4v) is 5.22. The van der Waals surface area contributed by atoms with Gasteiger partial charge in [0.15, 0.2) is 6.29 Å². The van der Waals surface area contributed by atoms with Gasteiger partial charge < -0.3 is 9.84 Å². The van der Waals surface area contributed by atoms with Crippen molar-refractivity contribution in [2.24, 2.45) is 17.8 Å². The minimum atomic E-state index is -0.189. The second-order valence-electron chi connectivity index (χ2n) is 11.3. The molecule has 1 N–H and O–H groups in total. The summed E-state index contributed by atoms with van der Waals surface area (Å²) in [5, 5.41) is 10.3. The molecule has 1 aromatic carbocycles. The van der Waals surface area contributed by atoms with Crippen LogP contribution in [0.3, 0.4) is 0 Å². The number of benzene rings is 1. The van der Waals surface area contributed by atoms with Gasteiger partial charge in [0.05, 0.1) is 5.56 Å². The number of hydrogen-bond donors (Lipinski definition) is 1. The van der Waals surface area contributed by atoms with Gasteiger partial charge in [0.25, 0.3) is 0 Å². The van der Waals surface area contributed by atoms with Crippen molar-refractivity contribution in [3.8, 4) is 11.5 Å². The highest BCUT2D eigenvalue weighted by Crippen LogP contribution is 2.44. The quantitative estimate of drug-likeness (QED) is 0.311. The van der Waals surface area contributed by atoms with Gasteiger partial charge in [0.2, 0.25) is 0 Å². The van der Waals surface area contributed by atoms with E-state index in [1.165, 1.54) is 51.4 Å². The molecular formula is C29H48O3. The average Bonchev–Trinajstić information content (AvgIpc) is 2.73. The van der Waals surface area contributed by atoms with Crippen LogP contribution in [-0.2, 0) is 6.42 Å². The Morgan fingerprint density at radius 3 is 2.06 bits per heavy atom. The molecule has 1 aliphatic heterocycles. The van der Waals surface area contributed by atoms with Gasteiger partial charge in [0, 0.05) is 5.56 Å². The molecule has 0 spiro atoms. The highest BCUT2D eigenvalue weighted by molar-refractivity contribution is 5.85. The molecule has 1 aromatic rings. The number of phenolic OH excluding ortho intramolecular Hbond substituents is 1. The molecule has 0 aliphatic carbocycles. The first-order valence-corrected chi connectivity index (χ1v) is 13.1. The fourth-order valence-electron chi connectivity index (χ4n) is 5.22. The summed E-state index contributed by atoms with van der Waals surface area (Å²) in [6.07, 6.45) is 14.1. The van der Waals surface area contributed by atoms with Gasteiger partial charge in [-0.2, -0.15) is 0 Å². The number of aldehydes is 1. The Balaban J connectivity index is 1.78. The molecule has 0 radical (unpaired) electrons. The molecule has 1 heterocycles. The maximum Gasteiger partial charge on any atom is 0.154 e. The van der Waals surface area contributed by atoms with Gasteiger partial charge in [0.1, 0.15) is 17.1 Å². The molecule has 1 aliphatic rings. The molecule has 0 fully saturated rings. The third-order valence-electron chi connectivity index (χ3n) is 7.76. The number of ether oxygens (including phenoxy) is 1. The second kappa shape index (κ2) is 12.1.